The van der Waals surface area contributed by atoms with Crippen LogP contribution in [0.2, 0.25) is 0 Å². The number of carbonyl (C=O) groups is 1. The molecular weight excluding hydrogens is 316 g/mol. The predicted molar refractivity (Wildman–Crippen MR) is 95.1 cm³/mol. The number of amides is 1. The number of ether oxygens (including phenoxy) is 1. The number of aromatic nitrogens is 3. The molecule has 128 valence electrons. The average Bonchev–Trinajstić information content (AvgIpc) is 3.12. The van der Waals surface area contributed by atoms with Gasteiger partial charge in [-0.2, -0.15) is 0 Å². The van der Waals surface area contributed by atoms with E-state index in [1.165, 1.54) is 11.1 Å². The highest BCUT2D eigenvalue weighted by atomic mass is 16.5. The molecule has 1 N–H and O–H groups in total. The predicted octanol–water partition coefficient (Wildman–Crippen LogP) is 2.56. The molecule has 1 heterocycles. The summed E-state index contributed by atoms with van der Waals surface area (Å²) >= 11 is 0. The van der Waals surface area contributed by atoms with Crippen molar-refractivity contribution in [2.24, 2.45) is 0 Å². The second kappa shape index (κ2) is 7.61. The Balaban J connectivity index is 1.58. The Bertz CT molecular complexity index is 856. The molecular formula is C19H20N4O2. The Hall–Kier alpha value is -3.15. The van der Waals surface area contributed by atoms with Crippen LogP contribution in [0.1, 0.15) is 21.6 Å². The van der Waals surface area contributed by atoms with E-state index in [1.54, 1.807) is 18.0 Å². The van der Waals surface area contributed by atoms with Crippen molar-refractivity contribution in [3.63, 3.8) is 0 Å². The van der Waals surface area contributed by atoms with Crippen LogP contribution in [0, 0.1) is 6.92 Å². The number of hydrogen-bond acceptors (Lipinski definition) is 4. The summed E-state index contributed by atoms with van der Waals surface area (Å²) in [5.41, 5.74) is 3.51. The van der Waals surface area contributed by atoms with E-state index in [9.17, 15) is 4.79 Å². The molecule has 0 saturated heterocycles. The maximum absolute atomic E-state index is 12.2. The van der Waals surface area contributed by atoms with Crippen LogP contribution in [0.3, 0.4) is 0 Å². The van der Waals surface area contributed by atoms with Gasteiger partial charge in [-0.15, -0.1) is 5.10 Å². The van der Waals surface area contributed by atoms with Crippen molar-refractivity contribution < 1.29 is 9.53 Å². The first-order valence-corrected chi connectivity index (χ1v) is 8.06. The molecule has 0 fully saturated rings. The molecule has 0 radical (unpaired) electrons. The average molecular weight is 336 g/mol. The van der Waals surface area contributed by atoms with E-state index in [4.69, 9.17) is 4.74 Å². The Morgan fingerprint density at radius 2 is 2.00 bits per heavy atom. The van der Waals surface area contributed by atoms with Crippen molar-refractivity contribution in [1.82, 2.24) is 20.3 Å². The first kappa shape index (κ1) is 16.7. The molecule has 0 aliphatic heterocycles. The SMILES string of the molecule is COc1ccc(-n2cc(C(=O)NCCc3cccc(C)c3)nn2)cc1. The van der Waals surface area contributed by atoms with Gasteiger partial charge in [0.15, 0.2) is 5.69 Å². The third-order valence-corrected chi connectivity index (χ3v) is 3.84. The maximum atomic E-state index is 12.2. The normalized spacial score (nSPS) is 10.5. The second-order valence-electron chi connectivity index (χ2n) is 5.74. The fraction of sp³-hybridized carbons (Fsp3) is 0.211. The number of hydrogen-bond donors (Lipinski definition) is 1. The first-order chi connectivity index (χ1) is 12.2. The van der Waals surface area contributed by atoms with Crippen molar-refractivity contribution in [3.8, 4) is 11.4 Å². The number of nitrogens with zero attached hydrogens (tertiary/aromatic N) is 3. The van der Waals surface area contributed by atoms with Gasteiger partial charge in [-0.25, -0.2) is 4.68 Å². The first-order valence-electron chi connectivity index (χ1n) is 8.06. The standard InChI is InChI=1S/C19H20N4O2/c1-14-4-3-5-15(12-14)10-11-20-19(24)18-13-23(22-21-18)16-6-8-17(25-2)9-7-16/h3-9,12-13H,10-11H2,1-2H3,(H,20,24). The molecule has 1 amide bonds. The lowest BCUT2D eigenvalue weighted by Crippen LogP contribution is -2.26. The molecule has 0 spiro atoms. The Morgan fingerprint density at radius 3 is 2.72 bits per heavy atom. The van der Waals surface area contributed by atoms with E-state index in [2.05, 4.69) is 40.8 Å². The smallest absolute Gasteiger partial charge is 0.273 e. The molecule has 0 atom stereocenters. The Kier molecular flexibility index (Phi) is 5.09. The number of rotatable bonds is 6. The molecule has 0 bridgehead atoms. The summed E-state index contributed by atoms with van der Waals surface area (Å²) in [6.07, 6.45) is 2.39. The summed E-state index contributed by atoms with van der Waals surface area (Å²) in [5, 5.41) is 10.8. The zero-order valence-electron chi connectivity index (χ0n) is 14.3. The van der Waals surface area contributed by atoms with E-state index in [0.717, 1.165) is 17.9 Å². The summed E-state index contributed by atoms with van der Waals surface area (Å²) in [6, 6.07) is 15.6. The van der Waals surface area contributed by atoms with Gasteiger partial charge in [0, 0.05) is 6.54 Å². The van der Waals surface area contributed by atoms with Gasteiger partial charge in [0.25, 0.3) is 5.91 Å². The van der Waals surface area contributed by atoms with Crippen molar-refractivity contribution in [2.45, 2.75) is 13.3 Å². The van der Waals surface area contributed by atoms with Crippen LogP contribution in [0.5, 0.6) is 5.75 Å². The molecule has 6 heteroatoms. The third kappa shape index (κ3) is 4.23. The number of carbonyl (C=O) groups excluding carboxylic acids is 1. The number of aryl methyl sites for hydroxylation is 1. The maximum Gasteiger partial charge on any atom is 0.273 e. The van der Waals surface area contributed by atoms with Gasteiger partial charge in [0.05, 0.1) is 19.0 Å². The molecule has 0 unspecified atom stereocenters. The fourth-order valence-electron chi connectivity index (χ4n) is 2.51. The van der Waals surface area contributed by atoms with Crippen LogP contribution in [0.15, 0.2) is 54.7 Å². The number of methoxy groups -OCH3 is 1. The van der Waals surface area contributed by atoms with E-state index in [0.29, 0.717) is 12.2 Å². The Morgan fingerprint density at radius 1 is 1.20 bits per heavy atom. The van der Waals surface area contributed by atoms with Crippen molar-refractivity contribution in [1.29, 1.82) is 0 Å². The lowest BCUT2D eigenvalue weighted by Gasteiger charge is -2.04. The van der Waals surface area contributed by atoms with Gasteiger partial charge in [-0.05, 0) is 43.2 Å². The fourth-order valence-corrected chi connectivity index (χ4v) is 2.51. The largest absolute Gasteiger partial charge is 0.497 e. The minimum absolute atomic E-state index is 0.229. The second-order valence-corrected chi connectivity index (χ2v) is 5.74. The van der Waals surface area contributed by atoms with E-state index < -0.39 is 0 Å². The topological polar surface area (TPSA) is 69.0 Å². The highest BCUT2D eigenvalue weighted by molar-refractivity contribution is 5.91. The lowest BCUT2D eigenvalue weighted by atomic mass is 10.1. The zero-order valence-corrected chi connectivity index (χ0v) is 14.3. The zero-order chi connectivity index (χ0) is 17.6. The van der Waals surface area contributed by atoms with Gasteiger partial charge in [0.2, 0.25) is 0 Å². The van der Waals surface area contributed by atoms with Gasteiger partial charge in [-0.1, -0.05) is 35.0 Å². The molecule has 6 nitrogen and oxygen atoms in total. The minimum atomic E-state index is -0.229. The monoisotopic (exact) mass is 336 g/mol. The molecule has 25 heavy (non-hydrogen) atoms. The van der Waals surface area contributed by atoms with Crippen LogP contribution >= 0.6 is 0 Å². The van der Waals surface area contributed by atoms with Crippen molar-refractivity contribution in [2.75, 3.05) is 13.7 Å². The lowest BCUT2D eigenvalue weighted by molar-refractivity contribution is 0.0949. The quantitative estimate of drug-likeness (QED) is 0.751. The van der Waals surface area contributed by atoms with E-state index in [-0.39, 0.29) is 5.91 Å². The number of benzene rings is 2. The van der Waals surface area contributed by atoms with Crippen molar-refractivity contribution >= 4 is 5.91 Å². The van der Waals surface area contributed by atoms with Crippen LogP contribution in [0.4, 0.5) is 0 Å². The highest BCUT2D eigenvalue weighted by Gasteiger charge is 2.11. The van der Waals surface area contributed by atoms with Gasteiger partial charge in [-0.3, -0.25) is 4.79 Å². The molecule has 0 aliphatic rings. The summed E-state index contributed by atoms with van der Waals surface area (Å²) in [5.74, 6) is 0.533. The molecule has 3 rings (SSSR count). The summed E-state index contributed by atoms with van der Waals surface area (Å²) in [6.45, 7) is 2.61. The molecule has 0 saturated carbocycles. The third-order valence-electron chi connectivity index (χ3n) is 3.84. The molecule has 3 aromatic rings. The van der Waals surface area contributed by atoms with Gasteiger partial charge in [0.1, 0.15) is 5.75 Å². The molecule has 1 aromatic heterocycles. The summed E-state index contributed by atoms with van der Waals surface area (Å²) in [7, 11) is 1.61. The summed E-state index contributed by atoms with van der Waals surface area (Å²) < 4.78 is 6.69. The van der Waals surface area contributed by atoms with Crippen LogP contribution < -0.4 is 10.1 Å². The van der Waals surface area contributed by atoms with Gasteiger partial charge < -0.3 is 10.1 Å². The van der Waals surface area contributed by atoms with Crippen LogP contribution in [-0.2, 0) is 6.42 Å². The summed E-state index contributed by atoms with van der Waals surface area (Å²) in [4.78, 5) is 12.2. The van der Waals surface area contributed by atoms with E-state index >= 15 is 0 Å². The van der Waals surface area contributed by atoms with Crippen LogP contribution in [0.25, 0.3) is 5.69 Å². The molecule has 2 aromatic carbocycles. The number of nitrogens with one attached hydrogen (secondary N) is 1. The minimum Gasteiger partial charge on any atom is -0.497 e. The van der Waals surface area contributed by atoms with Gasteiger partial charge >= 0.3 is 0 Å². The van der Waals surface area contributed by atoms with E-state index in [1.807, 2.05) is 30.3 Å². The molecule has 0 aliphatic carbocycles. The van der Waals surface area contributed by atoms with Crippen molar-refractivity contribution in [3.05, 3.63) is 71.5 Å². The van der Waals surface area contributed by atoms with Crippen LogP contribution in [-0.4, -0.2) is 34.6 Å². The Labute approximate surface area is 146 Å². The highest BCUT2D eigenvalue weighted by Crippen LogP contribution is 2.14.